The Morgan fingerprint density at radius 1 is 1.17 bits per heavy atom. The smallest absolute Gasteiger partial charge is 0.328 e. The monoisotopic (exact) mass is 408 g/mol. The number of para-hydroxylation sites is 1. The quantitative estimate of drug-likeness (QED) is 0.530. The second-order valence-electron chi connectivity index (χ2n) is 6.60. The highest BCUT2D eigenvalue weighted by Crippen LogP contribution is 2.34. The summed E-state index contributed by atoms with van der Waals surface area (Å²) in [6.07, 6.45) is 0.210. The zero-order valence-electron chi connectivity index (χ0n) is 15.9. The van der Waals surface area contributed by atoms with Crippen molar-refractivity contribution in [3.8, 4) is 28.6 Å². The highest BCUT2D eigenvalue weighted by atomic mass is 16.7. The number of aryl methyl sites for hydroxylation is 1. The van der Waals surface area contributed by atoms with Crippen molar-refractivity contribution >= 4 is 10.9 Å². The van der Waals surface area contributed by atoms with Crippen LogP contribution in [0.15, 0.2) is 50.5 Å². The Bertz CT molecular complexity index is 1370. The van der Waals surface area contributed by atoms with Gasteiger partial charge in [0.2, 0.25) is 18.5 Å². The molecule has 0 amide bonds. The maximum Gasteiger partial charge on any atom is 0.328 e. The van der Waals surface area contributed by atoms with Crippen LogP contribution in [0.25, 0.3) is 22.3 Å². The van der Waals surface area contributed by atoms with Gasteiger partial charge in [0, 0.05) is 19.0 Å². The molecule has 2 aromatic carbocycles. The minimum atomic E-state index is -0.532. The number of hydrogen-bond acceptors (Lipinski definition) is 8. The van der Waals surface area contributed by atoms with Crippen molar-refractivity contribution in [2.75, 3.05) is 13.9 Å². The topological polar surface area (TPSA) is 121 Å². The van der Waals surface area contributed by atoms with Crippen LogP contribution in [0, 0.1) is 0 Å². The first-order valence-electron chi connectivity index (χ1n) is 9.16. The number of nitrogens with zero attached hydrogens (tertiary/aromatic N) is 3. The zero-order valence-corrected chi connectivity index (χ0v) is 15.9. The molecule has 30 heavy (non-hydrogen) atoms. The maximum atomic E-state index is 12.8. The summed E-state index contributed by atoms with van der Waals surface area (Å²) in [5.41, 5.74) is 0.112. The van der Waals surface area contributed by atoms with E-state index in [9.17, 15) is 9.59 Å². The number of rotatable bonds is 5. The molecule has 0 unspecified atom stereocenters. The van der Waals surface area contributed by atoms with Gasteiger partial charge < -0.3 is 23.7 Å². The average Bonchev–Trinajstić information content (AvgIpc) is 3.41. The molecule has 0 saturated heterocycles. The fourth-order valence-electron chi connectivity index (χ4n) is 3.35. The molecule has 1 aliphatic rings. The third-order valence-corrected chi connectivity index (χ3v) is 4.84. The van der Waals surface area contributed by atoms with E-state index in [1.54, 1.807) is 25.3 Å². The Labute approximate surface area is 168 Å². The van der Waals surface area contributed by atoms with Gasteiger partial charge in [-0.1, -0.05) is 17.3 Å². The largest absolute Gasteiger partial charge is 0.496 e. The van der Waals surface area contributed by atoms with E-state index in [4.69, 9.17) is 18.7 Å². The van der Waals surface area contributed by atoms with E-state index >= 15 is 0 Å². The van der Waals surface area contributed by atoms with Crippen molar-refractivity contribution in [1.82, 2.24) is 19.7 Å². The molecule has 0 fully saturated rings. The zero-order chi connectivity index (χ0) is 20.7. The van der Waals surface area contributed by atoms with Gasteiger partial charge in [0.1, 0.15) is 5.75 Å². The molecular weight excluding hydrogens is 392 g/mol. The normalized spacial score (nSPS) is 12.4. The first-order chi connectivity index (χ1) is 14.6. The molecule has 0 atom stereocenters. The minimum Gasteiger partial charge on any atom is -0.496 e. The number of aromatic amines is 1. The van der Waals surface area contributed by atoms with Crippen molar-refractivity contribution in [2.45, 2.75) is 13.0 Å². The van der Waals surface area contributed by atoms with E-state index in [-0.39, 0.29) is 19.8 Å². The second kappa shape index (κ2) is 7.07. The lowest BCUT2D eigenvalue weighted by Gasteiger charge is -2.06. The SMILES string of the molecule is COc1ccccc1-c1noc(CCn2c(=O)[nH]c3cc4c(cc3c2=O)OCO4)n1. The van der Waals surface area contributed by atoms with Gasteiger partial charge in [-0.25, -0.2) is 4.79 Å². The Hall–Kier alpha value is -4.08. The molecule has 1 aliphatic heterocycles. The summed E-state index contributed by atoms with van der Waals surface area (Å²) in [5.74, 6) is 2.25. The van der Waals surface area contributed by atoms with Gasteiger partial charge in [0.25, 0.3) is 5.56 Å². The summed E-state index contributed by atoms with van der Waals surface area (Å²) in [4.78, 5) is 32.3. The van der Waals surface area contributed by atoms with E-state index in [0.29, 0.717) is 45.4 Å². The highest BCUT2D eigenvalue weighted by molar-refractivity contribution is 5.81. The fourth-order valence-corrected chi connectivity index (χ4v) is 3.35. The number of methoxy groups -OCH3 is 1. The third kappa shape index (κ3) is 2.98. The lowest BCUT2D eigenvalue weighted by Crippen LogP contribution is -2.35. The molecule has 10 nitrogen and oxygen atoms in total. The number of fused-ring (bicyclic) bond motifs is 2. The Morgan fingerprint density at radius 3 is 2.80 bits per heavy atom. The molecule has 3 heterocycles. The predicted molar refractivity (Wildman–Crippen MR) is 105 cm³/mol. The van der Waals surface area contributed by atoms with Crippen molar-refractivity contribution in [2.24, 2.45) is 0 Å². The summed E-state index contributed by atoms with van der Waals surface area (Å²) in [7, 11) is 1.56. The molecule has 1 N–H and O–H groups in total. The molecule has 5 rings (SSSR count). The van der Waals surface area contributed by atoms with Crippen molar-refractivity contribution < 1.29 is 18.7 Å². The molecule has 0 spiro atoms. The molecule has 152 valence electrons. The van der Waals surface area contributed by atoms with Crippen LogP contribution >= 0.6 is 0 Å². The molecule has 10 heteroatoms. The van der Waals surface area contributed by atoms with Crippen molar-refractivity contribution in [1.29, 1.82) is 0 Å². The second-order valence-corrected chi connectivity index (χ2v) is 6.60. The number of hydrogen-bond donors (Lipinski definition) is 1. The molecular formula is C20H16N4O6. The van der Waals surface area contributed by atoms with Gasteiger partial charge in [-0.2, -0.15) is 4.98 Å². The van der Waals surface area contributed by atoms with Crippen LogP contribution in [0.1, 0.15) is 5.89 Å². The summed E-state index contributed by atoms with van der Waals surface area (Å²) >= 11 is 0. The van der Waals surface area contributed by atoms with Gasteiger partial charge in [-0.15, -0.1) is 0 Å². The van der Waals surface area contributed by atoms with Gasteiger partial charge in [0.15, 0.2) is 11.5 Å². The van der Waals surface area contributed by atoms with Gasteiger partial charge in [-0.3, -0.25) is 9.36 Å². The number of nitrogens with one attached hydrogen (secondary N) is 1. The van der Waals surface area contributed by atoms with Crippen LogP contribution in [0.5, 0.6) is 17.2 Å². The summed E-state index contributed by atoms with van der Waals surface area (Å²) in [5, 5.41) is 4.30. The molecule has 0 bridgehead atoms. The molecule has 0 aliphatic carbocycles. The van der Waals surface area contributed by atoms with Crippen LogP contribution in [-0.2, 0) is 13.0 Å². The number of ether oxygens (including phenoxy) is 3. The van der Waals surface area contributed by atoms with E-state index < -0.39 is 11.2 Å². The fraction of sp³-hybridized carbons (Fsp3) is 0.200. The number of benzene rings is 2. The minimum absolute atomic E-state index is 0.0755. The molecule has 4 aromatic rings. The van der Waals surface area contributed by atoms with Crippen LogP contribution in [-0.4, -0.2) is 33.6 Å². The first-order valence-corrected chi connectivity index (χ1v) is 9.16. The average molecular weight is 408 g/mol. The van der Waals surface area contributed by atoms with Crippen LogP contribution in [0.4, 0.5) is 0 Å². The molecule has 0 radical (unpaired) electrons. The number of H-pyrrole nitrogens is 1. The number of aromatic nitrogens is 4. The van der Waals surface area contributed by atoms with Gasteiger partial charge in [-0.05, 0) is 18.2 Å². The van der Waals surface area contributed by atoms with Crippen molar-refractivity contribution in [3.05, 3.63) is 63.1 Å². The van der Waals surface area contributed by atoms with Crippen molar-refractivity contribution in [3.63, 3.8) is 0 Å². The van der Waals surface area contributed by atoms with E-state index in [0.717, 1.165) is 4.57 Å². The van der Waals surface area contributed by atoms with E-state index in [1.807, 2.05) is 18.2 Å². The Balaban J connectivity index is 1.43. The molecule has 0 saturated carbocycles. The highest BCUT2D eigenvalue weighted by Gasteiger charge is 2.18. The molecule has 2 aromatic heterocycles. The standard InChI is InChI=1S/C20H16N4O6/c1-27-14-5-3-2-4-11(14)18-22-17(30-23-18)6-7-24-19(25)12-8-15-16(29-10-28-15)9-13(12)21-20(24)26/h2-5,8-9H,6-7,10H2,1H3,(H,21,26). The third-order valence-electron chi connectivity index (χ3n) is 4.84. The van der Waals surface area contributed by atoms with Gasteiger partial charge >= 0.3 is 5.69 Å². The first kappa shape index (κ1) is 18.0. The summed E-state index contributed by atoms with van der Waals surface area (Å²) in [6.45, 7) is 0.155. The summed E-state index contributed by atoms with van der Waals surface area (Å²) < 4.78 is 22.3. The van der Waals surface area contributed by atoms with Crippen LogP contribution in [0.2, 0.25) is 0 Å². The van der Waals surface area contributed by atoms with Crippen LogP contribution < -0.4 is 25.5 Å². The Kier molecular flexibility index (Phi) is 4.24. The lowest BCUT2D eigenvalue weighted by atomic mass is 10.2. The van der Waals surface area contributed by atoms with Crippen LogP contribution in [0.3, 0.4) is 0 Å². The van der Waals surface area contributed by atoms with E-state index in [2.05, 4.69) is 15.1 Å². The summed E-state index contributed by atoms with van der Waals surface area (Å²) in [6, 6.07) is 10.4. The van der Waals surface area contributed by atoms with Gasteiger partial charge in [0.05, 0.1) is 23.6 Å². The Morgan fingerprint density at radius 2 is 1.97 bits per heavy atom. The predicted octanol–water partition coefficient (Wildman–Crippen LogP) is 1.72. The lowest BCUT2D eigenvalue weighted by molar-refractivity contribution is 0.174. The maximum absolute atomic E-state index is 12.8. The van der Waals surface area contributed by atoms with E-state index in [1.165, 1.54) is 0 Å².